The van der Waals surface area contributed by atoms with Gasteiger partial charge in [-0.15, -0.1) is 0 Å². The Balaban J connectivity index is 0.00000144. The minimum absolute atomic E-state index is 0. The van der Waals surface area contributed by atoms with Gasteiger partial charge in [-0.3, -0.25) is 4.18 Å². The summed E-state index contributed by atoms with van der Waals surface area (Å²) in [6.07, 6.45) is 0. The van der Waals surface area contributed by atoms with Crippen LogP contribution in [0.15, 0.2) is 30.3 Å². The molecule has 0 amide bonds. The minimum atomic E-state index is -4.57. The summed E-state index contributed by atoms with van der Waals surface area (Å²) in [4.78, 5) is 0. The zero-order valence-corrected chi connectivity index (χ0v) is 11.1. The molecule has 0 fully saturated rings. The Labute approximate surface area is 120 Å². The van der Waals surface area contributed by atoms with Gasteiger partial charge in [0.25, 0.3) is 0 Å². The van der Waals surface area contributed by atoms with Gasteiger partial charge >= 0.3 is 51.4 Å². The monoisotopic (exact) mass is 226 g/mol. The summed E-state index contributed by atoms with van der Waals surface area (Å²) in [5, 5.41) is 0. The summed E-state index contributed by atoms with van der Waals surface area (Å²) in [6.45, 7) is -0.202. The van der Waals surface area contributed by atoms with E-state index in [0.717, 1.165) is 0 Å². The van der Waals surface area contributed by atoms with Crippen molar-refractivity contribution in [2.75, 3.05) is 0 Å². The van der Waals surface area contributed by atoms with Gasteiger partial charge in [0, 0.05) is 0 Å². The standard InChI is InChI=1S/C7H8O4S.K/c8-12(9,10)11-6-7-4-2-1-3-5-7;/h1-5H,6H2,(H,8,9,10);/q;+1/p-1. The van der Waals surface area contributed by atoms with Crippen LogP contribution < -0.4 is 51.4 Å². The van der Waals surface area contributed by atoms with Crippen molar-refractivity contribution in [3.8, 4) is 0 Å². The van der Waals surface area contributed by atoms with Crippen molar-refractivity contribution in [1.29, 1.82) is 0 Å². The second kappa shape index (κ2) is 6.26. The molecule has 1 rings (SSSR count). The fourth-order valence-electron chi connectivity index (χ4n) is 0.714. The van der Waals surface area contributed by atoms with Gasteiger partial charge in [0.15, 0.2) is 0 Å². The molecule has 1 aromatic carbocycles. The maximum absolute atomic E-state index is 10.0. The fourth-order valence-corrected chi connectivity index (χ4v) is 0.995. The van der Waals surface area contributed by atoms with E-state index in [0.29, 0.717) is 5.56 Å². The summed E-state index contributed by atoms with van der Waals surface area (Å²) in [5.41, 5.74) is 0.650. The molecule has 0 N–H and O–H groups in total. The molecule has 0 aliphatic rings. The normalized spacial score (nSPS) is 10.5. The Morgan fingerprint density at radius 3 is 2.23 bits per heavy atom. The number of rotatable bonds is 3. The van der Waals surface area contributed by atoms with Gasteiger partial charge in [-0.2, -0.15) is 0 Å². The van der Waals surface area contributed by atoms with Gasteiger partial charge in [0.1, 0.15) is 0 Å². The topological polar surface area (TPSA) is 66.4 Å². The van der Waals surface area contributed by atoms with Crippen molar-refractivity contribution in [2.24, 2.45) is 0 Å². The number of benzene rings is 1. The van der Waals surface area contributed by atoms with E-state index in [-0.39, 0.29) is 58.0 Å². The molecule has 0 unspecified atom stereocenters. The first-order valence-corrected chi connectivity index (χ1v) is 4.55. The molecule has 0 aliphatic heterocycles. The fraction of sp³-hybridized carbons (Fsp3) is 0.143. The predicted octanol–water partition coefficient (Wildman–Crippen LogP) is -2.33. The average Bonchev–Trinajstić information content (AvgIpc) is 2.02. The van der Waals surface area contributed by atoms with Crippen molar-refractivity contribution in [3.63, 3.8) is 0 Å². The van der Waals surface area contributed by atoms with Gasteiger partial charge in [-0.25, -0.2) is 8.42 Å². The van der Waals surface area contributed by atoms with Crippen LogP contribution in [-0.4, -0.2) is 13.0 Å². The predicted molar refractivity (Wildman–Crippen MR) is 40.9 cm³/mol. The molecule has 0 aliphatic carbocycles. The van der Waals surface area contributed by atoms with Crippen LogP contribution in [0.1, 0.15) is 5.56 Å². The molecular weight excluding hydrogens is 219 g/mol. The Kier molecular flexibility index (Phi) is 6.60. The molecule has 66 valence electrons. The van der Waals surface area contributed by atoms with Crippen LogP contribution in [0.25, 0.3) is 0 Å². The molecule has 0 heterocycles. The summed E-state index contributed by atoms with van der Waals surface area (Å²) < 4.78 is 34.1. The van der Waals surface area contributed by atoms with E-state index in [1.165, 1.54) is 0 Å². The summed E-state index contributed by atoms with van der Waals surface area (Å²) in [6, 6.07) is 8.60. The Hall–Kier alpha value is 0.726. The minimum Gasteiger partial charge on any atom is -0.726 e. The van der Waals surface area contributed by atoms with Crippen LogP contribution in [0.2, 0.25) is 0 Å². The molecule has 0 bridgehead atoms. The van der Waals surface area contributed by atoms with Crippen molar-refractivity contribution < 1.29 is 68.5 Å². The molecule has 0 saturated heterocycles. The Morgan fingerprint density at radius 2 is 1.77 bits per heavy atom. The molecule has 0 atom stereocenters. The average molecular weight is 226 g/mol. The Bertz CT molecular complexity index is 335. The second-order valence-corrected chi connectivity index (χ2v) is 3.21. The molecule has 13 heavy (non-hydrogen) atoms. The molecule has 6 heteroatoms. The number of hydrogen-bond acceptors (Lipinski definition) is 4. The molecule has 0 radical (unpaired) electrons. The van der Waals surface area contributed by atoms with Crippen LogP contribution in [0.5, 0.6) is 0 Å². The van der Waals surface area contributed by atoms with Gasteiger partial charge in [0.05, 0.1) is 6.61 Å². The summed E-state index contributed by atoms with van der Waals surface area (Å²) in [5.74, 6) is 0. The van der Waals surface area contributed by atoms with Crippen LogP contribution in [0, 0.1) is 0 Å². The van der Waals surface area contributed by atoms with Gasteiger partial charge < -0.3 is 4.55 Å². The Morgan fingerprint density at radius 1 is 1.23 bits per heavy atom. The molecule has 0 saturated carbocycles. The molecule has 4 nitrogen and oxygen atoms in total. The van der Waals surface area contributed by atoms with Crippen molar-refractivity contribution in [3.05, 3.63) is 35.9 Å². The largest absolute Gasteiger partial charge is 1.00 e. The zero-order chi connectivity index (χ0) is 9.03. The third-order valence-corrected chi connectivity index (χ3v) is 1.62. The zero-order valence-electron chi connectivity index (χ0n) is 7.14. The van der Waals surface area contributed by atoms with E-state index < -0.39 is 10.4 Å². The SMILES string of the molecule is O=S(=O)([O-])OCc1ccccc1.[K+]. The molecule has 0 spiro atoms. The quantitative estimate of drug-likeness (QED) is 0.329. The van der Waals surface area contributed by atoms with Gasteiger partial charge in [-0.1, -0.05) is 30.3 Å². The van der Waals surface area contributed by atoms with E-state index >= 15 is 0 Å². The maximum Gasteiger partial charge on any atom is 1.00 e. The van der Waals surface area contributed by atoms with E-state index in [2.05, 4.69) is 4.18 Å². The van der Waals surface area contributed by atoms with Gasteiger partial charge in [0.2, 0.25) is 10.4 Å². The first-order chi connectivity index (χ1) is 5.58. The van der Waals surface area contributed by atoms with Crippen LogP contribution in [0.4, 0.5) is 0 Å². The van der Waals surface area contributed by atoms with E-state index in [4.69, 9.17) is 0 Å². The molecular formula is C7H7KO4S. The first-order valence-electron chi connectivity index (χ1n) is 3.22. The van der Waals surface area contributed by atoms with Crippen LogP contribution >= 0.6 is 0 Å². The van der Waals surface area contributed by atoms with Crippen molar-refractivity contribution in [1.82, 2.24) is 0 Å². The summed E-state index contributed by atoms with van der Waals surface area (Å²) in [7, 11) is -4.57. The van der Waals surface area contributed by atoms with E-state index in [9.17, 15) is 13.0 Å². The third-order valence-electron chi connectivity index (χ3n) is 1.21. The van der Waals surface area contributed by atoms with Crippen LogP contribution in [-0.2, 0) is 21.2 Å². The van der Waals surface area contributed by atoms with Crippen molar-refractivity contribution >= 4 is 10.4 Å². The molecule has 1 aromatic rings. The van der Waals surface area contributed by atoms with Crippen LogP contribution in [0.3, 0.4) is 0 Å². The van der Waals surface area contributed by atoms with E-state index in [1.807, 2.05) is 0 Å². The van der Waals surface area contributed by atoms with E-state index in [1.54, 1.807) is 30.3 Å². The second-order valence-electron chi connectivity index (χ2n) is 2.16. The summed E-state index contributed by atoms with van der Waals surface area (Å²) >= 11 is 0. The van der Waals surface area contributed by atoms with Crippen molar-refractivity contribution in [2.45, 2.75) is 6.61 Å². The maximum atomic E-state index is 10.0. The van der Waals surface area contributed by atoms with Gasteiger partial charge in [-0.05, 0) is 5.56 Å². The first kappa shape index (κ1) is 13.7. The number of hydrogen-bond donors (Lipinski definition) is 0. The smallest absolute Gasteiger partial charge is 0.726 e. The molecule has 0 aromatic heterocycles. The third kappa shape index (κ3) is 6.75.